The molecule has 11 heteroatoms. The van der Waals surface area contributed by atoms with Gasteiger partial charge in [0.1, 0.15) is 11.5 Å². The molecule has 3 aromatic rings. The molecule has 37 heavy (non-hydrogen) atoms. The van der Waals surface area contributed by atoms with Gasteiger partial charge in [-0.25, -0.2) is 10.6 Å². The SMILES string of the molecule is Cc1ccc(C(=O)C[C@@H](C(=O)O)N(N)C(=O)c2ccc(C(=O)N(C)c3cccc(O)c3)cc2Cl)c(O)c1. The van der Waals surface area contributed by atoms with Crippen molar-refractivity contribution in [3.63, 3.8) is 0 Å². The van der Waals surface area contributed by atoms with Crippen molar-refractivity contribution in [1.29, 1.82) is 0 Å². The molecule has 10 nitrogen and oxygen atoms in total. The highest BCUT2D eigenvalue weighted by Gasteiger charge is 2.32. The second-order valence-corrected chi connectivity index (χ2v) is 8.70. The molecule has 3 aromatic carbocycles. The quantitative estimate of drug-likeness (QED) is 0.150. The van der Waals surface area contributed by atoms with E-state index in [0.29, 0.717) is 16.3 Å². The van der Waals surface area contributed by atoms with Crippen LogP contribution in [0.25, 0.3) is 0 Å². The number of amides is 2. The number of carbonyl (C=O) groups excluding carboxylic acids is 3. The Bertz CT molecular complexity index is 1390. The number of anilines is 1. The van der Waals surface area contributed by atoms with E-state index in [1.54, 1.807) is 25.1 Å². The highest BCUT2D eigenvalue weighted by molar-refractivity contribution is 6.34. The van der Waals surface area contributed by atoms with Gasteiger partial charge in [-0.15, -0.1) is 0 Å². The van der Waals surface area contributed by atoms with Crippen molar-refractivity contribution in [2.24, 2.45) is 5.84 Å². The molecule has 0 spiro atoms. The molecule has 0 aliphatic carbocycles. The fourth-order valence-corrected chi connectivity index (χ4v) is 3.84. The van der Waals surface area contributed by atoms with E-state index >= 15 is 0 Å². The van der Waals surface area contributed by atoms with Crippen LogP contribution in [-0.2, 0) is 4.79 Å². The second kappa shape index (κ2) is 11.1. The molecule has 0 saturated heterocycles. The Balaban J connectivity index is 1.80. The maximum Gasteiger partial charge on any atom is 0.328 e. The van der Waals surface area contributed by atoms with Gasteiger partial charge in [0.25, 0.3) is 11.8 Å². The molecule has 192 valence electrons. The lowest BCUT2D eigenvalue weighted by molar-refractivity contribution is -0.142. The van der Waals surface area contributed by atoms with Crippen molar-refractivity contribution < 1.29 is 34.5 Å². The minimum Gasteiger partial charge on any atom is -0.508 e. The second-order valence-electron chi connectivity index (χ2n) is 8.29. The zero-order valence-electron chi connectivity index (χ0n) is 19.9. The van der Waals surface area contributed by atoms with Crippen molar-refractivity contribution in [1.82, 2.24) is 5.01 Å². The van der Waals surface area contributed by atoms with E-state index in [0.717, 1.165) is 0 Å². The first-order valence-electron chi connectivity index (χ1n) is 10.9. The minimum absolute atomic E-state index is 0.0248. The van der Waals surface area contributed by atoms with E-state index < -0.39 is 36.0 Å². The lowest BCUT2D eigenvalue weighted by Crippen LogP contribution is -2.50. The van der Waals surface area contributed by atoms with Gasteiger partial charge >= 0.3 is 5.97 Å². The highest BCUT2D eigenvalue weighted by Crippen LogP contribution is 2.25. The molecule has 0 aliphatic rings. The lowest BCUT2D eigenvalue weighted by atomic mass is 10.0. The van der Waals surface area contributed by atoms with Crippen LogP contribution in [0.15, 0.2) is 60.7 Å². The summed E-state index contributed by atoms with van der Waals surface area (Å²) < 4.78 is 0. The van der Waals surface area contributed by atoms with Gasteiger partial charge in [-0.2, -0.15) is 0 Å². The zero-order chi connectivity index (χ0) is 27.4. The number of phenolic OH excluding ortho intramolecular Hbond substituents is 2. The van der Waals surface area contributed by atoms with E-state index in [2.05, 4.69) is 0 Å². The summed E-state index contributed by atoms with van der Waals surface area (Å²) in [6.45, 7) is 1.71. The Morgan fingerprint density at radius 1 is 0.946 bits per heavy atom. The van der Waals surface area contributed by atoms with Crippen molar-refractivity contribution in [2.75, 3.05) is 11.9 Å². The molecule has 0 heterocycles. The summed E-state index contributed by atoms with van der Waals surface area (Å²) in [5.74, 6) is 1.74. The number of carbonyl (C=O) groups is 4. The number of phenols is 2. The Hall–Kier alpha value is -4.41. The number of ketones is 1. The molecule has 0 saturated carbocycles. The summed E-state index contributed by atoms with van der Waals surface area (Å²) in [5.41, 5.74) is 0.954. The van der Waals surface area contributed by atoms with Gasteiger partial charge in [-0.05, 0) is 55.0 Å². The van der Waals surface area contributed by atoms with E-state index in [9.17, 15) is 34.5 Å². The van der Waals surface area contributed by atoms with Gasteiger partial charge < -0.3 is 20.2 Å². The Morgan fingerprint density at radius 2 is 1.62 bits per heavy atom. The van der Waals surface area contributed by atoms with Gasteiger partial charge in [0, 0.05) is 30.8 Å². The van der Waals surface area contributed by atoms with Crippen LogP contribution < -0.4 is 10.7 Å². The van der Waals surface area contributed by atoms with Gasteiger partial charge in [-0.1, -0.05) is 23.7 Å². The van der Waals surface area contributed by atoms with Crippen LogP contribution in [0.5, 0.6) is 11.5 Å². The van der Waals surface area contributed by atoms with Crippen LogP contribution in [0.4, 0.5) is 5.69 Å². The topological polar surface area (TPSA) is 161 Å². The number of nitrogens with two attached hydrogens (primary N) is 1. The standard InChI is InChI=1S/C26H24ClN3O7/c1-14-6-8-19(22(32)10-14)23(33)13-21(26(36)37)30(28)25(35)18-9-7-15(11-20(18)27)24(34)29(2)16-4-3-5-17(31)12-16/h3-12,21,31-32H,13,28H2,1-2H3,(H,36,37)/t21-/m0/s1. The third kappa shape index (κ3) is 6.05. The summed E-state index contributed by atoms with van der Waals surface area (Å²) in [5, 5.41) is 29.5. The van der Waals surface area contributed by atoms with E-state index in [4.69, 9.17) is 17.4 Å². The molecule has 0 unspecified atom stereocenters. The highest BCUT2D eigenvalue weighted by atomic mass is 35.5. The summed E-state index contributed by atoms with van der Waals surface area (Å²) >= 11 is 6.25. The number of hydrogen-bond donors (Lipinski definition) is 4. The predicted octanol–water partition coefficient (Wildman–Crippen LogP) is 3.38. The third-order valence-electron chi connectivity index (χ3n) is 5.66. The van der Waals surface area contributed by atoms with Gasteiger partial charge in [-0.3, -0.25) is 19.4 Å². The summed E-state index contributed by atoms with van der Waals surface area (Å²) in [4.78, 5) is 51.6. The summed E-state index contributed by atoms with van der Waals surface area (Å²) in [6.07, 6.45) is -0.697. The van der Waals surface area contributed by atoms with Crippen LogP contribution in [0.1, 0.15) is 43.1 Å². The Morgan fingerprint density at radius 3 is 2.22 bits per heavy atom. The third-order valence-corrected chi connectivity index (χ3v) is 5.97. The maximum absolute atomic E-state index is 13.0. The molecule has 3 rings (SSSR count). The number of aromatic hydroxyl groups is 2. The number of hydrogen-bond acceptors (Lipinski definition) is 7. The molecular weight excluding hydrogens is 502 g/mol. The molecule has 0 aromatic heterocycles. The molecular formula is C26H24ClN3O7. The largest absolute Gasteiger partial charge is 0.508 e. The zero-order valence-corrected chi connectivity index (χ0v) is 20.6. The van der Waals surface area contributed by atoms with Crippen LogP contribution in [0.2, 0.25) is 5.02 Å². The number of carboxylic acid groups (broad SMARTS) is 1. The number of benzene rings is 3. The molecule has 0 radical (unpaired) electrons. The van der Waals surface area contributed by atoms with Crippen LogP contribution in [-0.4, -0.2) is 57.0 Å². The molecule has 0 aliphatic heterocycles. The van der Waals surface area contributed by atoms with Crippen molar-refractivity contribution in [3.8, 4) is 11.5 Å². The first kappa shape index (κ1) is 27.2. The number of nitrogens with zero attached hydrogens (tertiary/aromatic N) is 2. The fraction of sp³-hybridized carbons (Fsp3) is 0.154. The summed E-state index contributed by atoms with van der Waals surface area (Å²) in [7, 11) is 1.49. The normalized spacial score (nSPS) is 11.5. The number of carboxylic acids is 1. The molecule has 0 bridgehead atoms. The molecule has 1 atom stereocenters. The lowest BCUT2D eigenvalue weighted by Gasteiger charge is -2.24. The van der Waals surface area contributed by atoms with Crippen molar-refractivity contribution >= 4 is 40.9 Å². The van der Waals surface area contributed by atoms with E-state index in [1.807, 2.05) is 0 Å². The first-order chi connectivity index (χ1) is 17.4. The van der Waals surface area contributed by atoms with Crippen LogP contribution in [0.3, 0.4) is 0 Å². The number of halogens is 1. The number of rotatable bonds is 8. The summed E-state index contributed by atoms with van der Waals surface area (Å²) in [6, 6.07) is 12.4. The van der Waals surface area contributed by atoms with Gasteiger partial charge in [0.2, 0.25) is 0 Å². The van der Waals surface area contributed by atoms with E-state index in [-0.39, 0.29) is 33.2 Å². The smallest absolute Gasteiger partial charge is 0.328 e. The monoisotopic (exact) mass is 525 g/mol. The van der Waals surface area contributed by atoms with Crippen LogP contribution >= 0.6 is 11.6 Å². The number of Topliss-reactive ketones (excluding diaryl/α,β-unsaturated/α-hetero) is 1. The van der Waals surface area contributed by atoms with E-state index in [1.165, 1.54) is 54.4 Å². The number of aliphatic carboxylic acids is 1. The molecule has 0 fully saturated rings. The predicted molar refractivity (Wildman–Crippen MR) is 136 cm³/mol. The van der Waals surface area contributed by atoms with Gasteiger partial charge in [0.15, 0.2) is 11.8 Å². The maximum atomic E-state index is 13.0. The average Bonchev–Trinajstić information content (AvgIpc) is 2.85. The minimum atomic E-state index is -1.75. The molecule has 2 amide bonds. The fourth-order valence-electron chi connectivity index (χ4n) is 3.58. The van der Waals surface area contributed by atoms with Crippen LogP contribution in [0, 0.1) is 6.92 Å². The van der Waals surface area contributed by atoms with Crippen molar-refractivity contribution in [2.45, 2.75) is 19.4 Å². The Labute approximate surface area is 217 Å². The molecule has 5 N–H and O–H groups in total. The van der Waals surface area contributed by atoms with Gasteiger partial charge in [0.05, 0.1) is 16.1 Å². The Kier molecular flexibility index (Phi) is 8.16. The first-order valence-corrected chi connectivity index (χ1v) is 11.3. The van der Waals surface area contributed by atoms with Crippen molar-refractivity contribution in [3.05, 3.63) is 87.9 Å². The average molecular weight is 526 g/mol. The number of aryl methyl sites for hydroxylation is 1. The number of hydrazine groups is 1.